The van der Waals surface area contributed by atoms with Gasteiger partial charge in [0.15, 0.2) is 0 Å². The summed E-state index contributed by atoms with van der Waals surface area (Å²) in [5, 5.41) is 9.97. The minimum Gasteiger partial charge on any atom is -0.398 e. The van der Waals surface area contributed by atoms with Gasteiger partial charge < -0.3 is 15.6 Å². The Labute approximate surface area is 106 Å². The van der Waals surface area contributed by atoms with Crippen LogP contribution in [-0.4, -0.2) is 42.4 Å². The predicted octanol–water partition coefficient (Wildman–Crippen LogP) is 1.12. The monoisotopic (exact) mass is 256 g/mol. The molecule has 0 bridgehead atoms. The summed E-state index contributed by atoms with van der Waals surface area (Å²) in [5.74, 6) is 0. The molecule has 1 fully saturated rings. The molecule has 3 N–H and O–H groups in total. The number of ether oxygens (including phenoxy) is 1. The van der Waals surface area contributed by atoms with Crippen molar-refractivity contribution in [3.63, 3.8) is 0 Å². The molecule has 2 rings (SSSR count). The van der Waals surface area contributed by atoms with Gasteiger partial charge in [-0.2, -0.15) is 0 Å². The minimum absolute atomic E-state index is 0.0272. The standard InChI is InChI=1S/C12H17ClN2O2/c13-11-2-1-3-12(14)10(11)6-15-4-5-17-8-9(15)7-16/h1-3,9,16H,4-8,14H2. The highest BCUT2D eigenvalue weighted by Gasteiger charge is 2.23. The van der Waals surface area contributed by atoms with E-state index >= 15 is 0 Å². The number of benzene rings is 1. The lowest BCUT2D eigenvalue weighted by Crippen LogP contribution is -2.46. The van der Waals surface area contributed by atoms with E-state index in [1.54, 1.807) is 0 Å². The van der Waals surface area contributed by atoms with Crippen LogP contribution in [0.15, 0.2) is 18.2 Å². The van der Waals surface area contributed by atoms with Gasteiger partial charge in [0.2, 0.25) is 0 Å². The van der Waals surface area contributed by atoms with Crippen LogP contribution in [0.5, 0.6) is 0 Å². The molecule has 5 heteroatoms. The Morgan fingerprint density at radius 1 is 1.53 bits per heavy atom. The molecular formula is C12H17ClN2O2. The molecule has 4 nitrogen and oxygen atoms in total. The van der Waals surface area contributed by atoms with Crippen LogP contribution in [0, 0.1) is 0 Å². The zero-order chi connectivity index (χ0) is 12.3. The Kier molecular flexibility index (Phi) is 4.23. The van der Waals surface area contributed by atoms with Gasteiger partial charge in [-0.15, -0.1) is 0 Å². The molecule has 1 atom stereocenters. The van der Waals surface area contributed by atoms with Gasteiger partial charge in [-0.25, -0.2) is 0 Å². The van der Waals surface area contributed by atoms with Crippen LogP contribution in [0.2, 0.25) is 5.02 Å². The van der Waals surface area contributed by atoms with Crippen LogP contribution in [0.3, 0.4) is 0 Å². The molecule has 0 saturated carbocycles. The number of aliphatic hydroxyl groups is 1. The third kappa shape index (κ3) is 2.90. The topological polar surface area (TPSA) is 58.7 Å². The molecule has 1 saturated heterocycles. The fourth-order valence-corrected chi connectivity index (χ4v) is 2.25. The Morgan fingerprint density at radius 3 is 3.06 bits per heavy atom. The van der Waals surface area contributed by atoms with Crippen molar-refractivity contribution in [1.82, 2.24) is 4.90 Å². The molecule has 1 aromatic carbocycles. The minimum atomic E-state index is 0.0272. The second-order valence-corrected chi connectivity index (χ2v) is 4.60. The van der Waals surface area contributed by atoms with Crippen molar-refractivity contribution in [3.8, 4) is 0 Å². The van der Waals surface area contributed by atoms with Gasteiger partial charge in [0, 0.05) is 29.4 Å². The van der Waals surface area contributed by atoms with Crippen LogP contribution in [0.1, 0.15) is 5.56 Å². The van der Waals surface area contributed by atoms with Gasteiger partial charge >= 0.3 is 0 Å². The quantitative estimate of drug-likeness (QED) is 0.796. The third-order valence-corrected chi connectivity index (χ3v) is 3.43. The molecule has 0 amide bonds. The fourth-order valence-electron chi connectivity index (χ4n) is 2.01. The summed E-state index contributed by atoms with van der Waals surface area (Å²) in [6.45, 7) is 2.77. The summed E-state index contributed by atoms with van der Waals surface area (Å²) in [5.41, 5.74) is 7.54. The lowest BCUT2D eigenvalue weighted by atomic mass is 10.1. The molecule has 0 aliphatic carbocycles. The van der Waals surface area contributed by atoms with Crippen LogP contribution in [-0.2, 0) is 11.3 Å². The zero-order valence-electron chi connectivity index (χ0n) is 9.60. The van der Waals surface area contributed by atoms with E-state index in [-0.39, 0.29) is 12.6 Å². The van der Waals surface area contributed by atoms with Crippen LogP contribution in [0.25, 0.3) is 0 Å². The highest BCUT2D eigenvalue weighted by molar-refractivity contribution is 6.31. The number of morpholine rings is 1. The molecule has 94 valence electrons. The first-order valence-electron chi connectivity index (χ1n) is 5.68. The predicted molar refractivity (Wildman–Crippen MR) is 68.0 cm³/mol. The van der Waals surface area contributed by atoms with Crippen molar-refractivity contribution in [2.75, 3.05) is 32.1 Å². The average molecular weight is 257 g/mol. The Hall–Kier alpha value is -0.810. The van der Waals surface area contributed by atoms with E-state index in [1.165, 1.54) is 0 Å². The smallest absolute Gasteiger partial charge is 0.0644 e. The maximum absolute atomic E-state index is 9.29. The molecule has 1 unspecified atom stereocenters. The Bertz CT molecular complexity index is 367. The maximum Gasteiger partial charge on any atom is 0.0644 e. The number of hydrogen-bond donors (Lipinski definition) is 2. The summed E-state index contributed by atoms with van der Waals surface area (Å²) in [7, 11) is 0. The average Bonchev–Trinajstić information content (AvgIpc) is 2.34. The molecule has 1 aromatic rings. The number of nitrogen functional groups attached to an aromatic ring is 1. The molecule has 1 aliphatic heterocycles. The number of halogens is 1. The summed E-state index contributed by atoms with van der Waals surface area (Å²) in [6.07, 6.45) is 0. The van der Waals surface area contributed by atoms with Gasteiger partial charge in [-0.05, 0) is 12.1 Å². The summed E-state index contributed by atoms with van der Waals surface area (Å²) in [6, 6.07) is 5.54. The zero-order valence-corrected chi connectivity index (χ0v) is 10.4. The van der Waals surface area contributed by atoms with Crippen LogP contribution in [0.4, 0.5) is 5.69 Å². The maximum atomic E-state index is 9.29. The molecule has 1 aliphatic rings. The largest absolute Gasteiger partial charge is 0.398 e. The Morgan fingerprint density at radius 2 is 2.35 bits per heavy atom. The molecule has 17 heavy (non-hydrogen) atoms. The van der Waals surface area contributed by atoms with E-state index in [0.29, 0.717) is 30.5 Å². The lowest BCUT2D eigenvalue weighted by Gasteiger charge is -2.34. The van der Waals surface area contributed by atoms with Crippen molar-refractivity contribution >= 4 is 17.3 Å². The van der Waals surface area contributed by atoms with Crippen molar-refractivity contribution in [2.45, 2.75) is 12.6 Å². The normalized spacial score (nSPS) is 21.6. The van der Waals surface area contributed by atoms with Gasteiger partial charge in [-0.1, -0.05) is 17.7 Å². The van der Waals surface area contributed by atoms with E-state index in [4.69, 9.17) is 22.1 Å². The van der Waals surface area contributed by atoms with E-state index in [1.807, 2.05) is 18.2 Å². The number of hydrogen-bond acceptors (Lipinski definition) is 4. The van der Waals surface area contributed by atoms with Crippen molar-refractivity contribution in [1.29, 1.82) is 0 Å². The molecular weight excluding hydrogens is 240 g/mol. The van der Waals surface area contributed by atoms with Crippen molar-refractivity contribution in [3.05, 3.63) is 28.8 Å². The molecule has 0 radical (unpaired) electrons. The van der Waals surface area contributed by atoms with Gasteiger partial charge in [0.05, 0.1) is 25.9 Å². The van der Waals surface area contributed by atoms with E-state index in [9.17, 15) is 5.11 Å². The van der Waals surface area contributed by atoms with E-state index in [0.717, 1.165) is 12.1 Å². The first-order chi connectivity index (χ1) is 8.22. The summed E-state index contributed by atoms with van der Waals surface area (Å²) in [4.78, 5) is 2.15. The molecule has 0 aromatic heterocycles. The van der Waals surface area contributed by atoms with Crippen molar-refractivity contribution < 1.29 is 9.84 Å². The van der Waals surface area contributed by atoms with Gasteiger partial charge in [0.1, 0.15) is 0 Å². The number of nitrogens with two attached hydrogens (primary N) is 1. The number of anilines is 1. The van der Waals surface area contributed by atoms with Gasteiger partial charge in [0.25, 0.3) is 0 Å². The lowest BCUT2D eigenvalue weighted by molar-refractivity contribution is -0.0311. The van der Waals surface area contributed by atoms with Crippen LogP contribution >= 0.6 is 11.6 Å². The highest BCUT2D eigenvalue weighted by Crippen LogP contribution is 2.24. The van der Waals surface area contributed by atoms with E-state index < -0.39 is 0 Å². The Balaban J connectivity index is 2.13. The second-order valence-electron chi connectivity index (χ2n) is 4.19. The van der Waals surface area contributed by atoms with E-state index in [2.05, 4.69) is 4.90 Å². The number of aliphatic hydroxyl groups excluding tert-OH is 1. The summed E-state index contributed by atoms with van der Waals surface area (Å²) >= 11 is 6.14. The second kappa shape index (κ2) is 5.69. The first kappa shape index (κ1) is 12.6. The van der Waals surface area contributed by atoms with Crippen molar-refractivity contribution in [2.24, 2.45) is 0 Å². The molecule has 1 heterocycles. The van der Waals surface area contributed by atoms with Crippen LogP contribution < -0.4 is 5.73 Å². The fraction of sp³-hybridized carbons (Fsp3) is 0.500. The van der Waals surface area contributed by atoms with Gasteiger partial charge in [-0.3, -0.25) is 4.90 Å². The highest BCUT2D eigenvalue weighted by atomic mass is 35.5. The SMILES string of the molecule is Nc1cccc(Cl)c1CN1CCOCC1CO. The number of rotatable bonds is 3. The first-order valence-corrected chi connectivity index (χ1v) is 6.05. The summed E-state index contributed by atoms with van der Waals surface area (Å²) < 4.78 is 5.34. The third-order valence-electron chi connectivity index (χ3n) is 3.08. The molecule has 0 spiro atoms. The number of nitrogens with zero attached hydrogens (tertiary/aromatic N) is 1.